The van der Waals surface area contributed by atoms with Gasteiger partial charge < -0.3 is 9.72 Å². The zero-order valence-electron chi connectivity index (χ0n) is 6.72. The molecule has 1 unspecified atom stereocenters. The van der Waals surface area contributed by atoms with E-state index in [0.29, 0.717) is 5.92 Å². The van der Waals surface area contributed by atoms with Crippen molar-refractivity contribution in [3.05, 3.63) is 16.6 Å². The third kappa shape index (κ3) is 1.69. The molecule has 1 saturated heterocycles. The number of rotatable bonds is 1. The van der Waals surface area contributed by atoms with E-state index in [1.54, 1.807) is 6.20 Å². The van der Waals surface area contributed by atoms with Gasteiger partial charge in [0, 0.05) is 12.5 Å². The quantitative estimate of drug-likeness (QED) is 0.803. The predicted octanol–water partition coefficient (Wildman–Crippen LogP) is 2.07. The predicted molar refractivity (Wildman–Crippen MR) is 49.1 cm³/mol. The van der Waals surface area contributed by atoms with E-state index in [0.717, 1.165) is 30.1 Å². The van der Waals surface area contributed by atoms with Crippen molar-refractivity contribution in [2.24, 2.45) is 0 Å². The minimum atomic E-state index is 0.463. The number of ether oxygens (including phenoxy) is 1. The summed E-state index contributed by atoms with van der Waals surface area (Å²) in [7, 11) is 0. The fourth-order valence-corrected chi connectivity index (χ4v) is 1.78. The van der Waals surface area contributed by atoms with Gasteiger partial charge >= 0.3 is 0 Å². The van der Waals surface area contributed by atoms with Gasteiger partial charge in [0.1, 0.15) is 10.4 Å². The van der Waals surface area contributed by atoms with E-state index in [4.69, 9.17) is 4.74 Å². The number of hydrogen-bond acceptors (Lipinski definition) is 2. The molecule has 2 rings (SSSR count). The van der Waals surface area contributed by atoms with Gasteiger partial charge in [0.25, 0.3) is 0 Å². The van der Waals surface area contributed by atoms with Crippen LogP contribution in [0, 0.1) is 0 Å². The summed E-state index contributed by atoms with van der Waals surface area (Å²) in [5.74, 6) is 1.51. The Morgan fingerprint density at radius 3 is 3.17 bits per heavy atom. The highest BCUT2D eigenvalue weighted by atomic mass is 79.9. The lowest BCUT2D eigenvalue weighted by Crippen LogP contribution is -2.16. The third-order valence-corrected chi connectivity index (χ3v) is 2.51. The summed E-state index contributed by atoms with van der Waals surface area (Å²) in [4.78, 5) is 7.43. The molecular formula is C8H11BrN2O. The maximum absolute atomic E-state index is 5.37. The molecule has 0 saturated carbocycles. The number of nitrogens with one attached hydrogen (secondary N) is 1. The highest BCUT2D eigenvalue weighted by Gasteiger charge is 2.18. The number of imidazole rings is 1. The molecule has 66 valence electrons. The topological polar surface area (TPSA) is 37.9 Å². The number of aromatic amines is 1. The minimum absolute atomic E-state index is 0.463. The first-order chi connectivity index (χ1) is 5.86. The second-order valence-electron chi connectivity index (χ2n) is 3.03. The standard InChI is InChI=1S/C8H11BrN2O/c9-7-4-10-8(11-7)6-2-1-3-12-5-6/h4,6H,1-3,5H2,(H,10,11). The molecular weight excluding hydrogens is 220 g/mol. The second kappa shape index (κ2) is 3.58. The van der Waals surface area contributed by atoms with E-state index in [-0.39, 0.29) is 0 Å². The van der Waals surface area contributed by atoms with Gasteiger partial charge in [0.2, 0.25) is 0 Å². The van der Waals surface area contributed by atoms with Crippen LogP contribution in [-0.4, -0.2) is 23.2 Å². The lowest BCUT2D eigenvalue weighted by molar-refractivity contribution is 0.0783. The molecule has 1 aromatic heterocycles. The van der Waals surface area contributed by atoms with E-state index in [1.807, 2.05) is 0 Å². The summed E-state index contributed by atoms with van der Waals surface area (Å²) in [6.07, 6.45) is 4.12. The number of hydrogen-bond donors (Lipinski definition) is 1. The SMILES string of the molecule is Brc1cnc(C2CCCOC2)[nH]1. The molecule has 1 atom stereocenters. The Bertz CT molecular complexity index is 255. The minimum Gasteiger partial charge on any atom is -0.381 e. The smallest absolute Gasteiger partial charge is 0.112 e. The molecule has 0 aliphatic carbocycles. The van der Waals surface area contributed by atoms with Gasteiger partial charge in [0.05, 0.1) is 12.8 Å². The Morgan fingerprint density at radius 2 is 2.58 bits per heavy atom. The molecule has 12 heavy (non-hydrogen) atoms. The molecule has 2 heterocycles. The van der Waals surface area contributed by atoms with Crippen molar-refractivity contribution in [3.8, 4) is 0 Å². The molecule has 0 aromatic carbocycles. The number of H-pyrrole nitrogens is 1. The van der Waals surface area contributed by atoms with E-state index in [2.05, 4.69) is 25.9 Å². The number of halogens is 1. The zero-order chi connectivity index (χ0) is 8.39. The fraction of sp³-hybridized carbons (Fsp3) is 0.625. The molecule has 1 aromatic rings. The Balaban J connectivity index is 2.08. The van der Waals surface area contributed by atoms with Crippen LogP contribution in [0.3, 0.4) is 0 Å². The number of nitrogens with zero attached hydrogens (tertiary/aromatic N) is 1. The van der Waals surface area contributed by atoms with Crippen LogP contribution in [0.15, 0.2) is 10.8 Å². The molecule has 1 aliphatic heterocycles. The molecule has 1 fully saturated rings. The van der Waals surface area contributed by atoms with Crippen molar-refractivity contribution in [2.45, 2.75) is 18.8 Å². The summed E-state index contributed by atoms with van der Waals surface area (Å²) >= 11 is 3.34. The monoisotopic (exact) mass is 230 g/mol. The Morgan fingerprint density at radius 1 is 1.67 bits per heavy atom. The van der Waals surface area contributed by atoms with Crippen LogP contribution >= 0.6 is 15.9 Å². The number of aromatic nitrogens is 2. The lowest BCUT2D eigenvalue weighted by Gasteiger charge is -2.19. The highest BCUT2D eigenvalue weighted by Crippen LogP contribution is 2.23. The summed E-state index contributed by atoms with van der Waals surface area (Å²) < 4.78 is 6.32. The van der Waals surface area contributed by atoms with Crippen molar-refractivity contribution in [3.63, 3.8) is 0 Å². The Labute approximate surface area is 79.7 Å². The highest BCUT2D eigenvalue weighted by molar-refractivity contribution is 9.10. The van der Waals surface area contributed by atoms with E-state index in [9.17, 15) is 0 Å². The van der Waals surface area contributed by atoms with Crippen molar-refractivity contribution in [1.29, 1.82) is 0 Å². The van der Waals surface area contributed by atoms with Crippen LogP contribution in [0.25, 0.3) is 0 Å². The van der Waals surface area contributed by atoms with Crippen LogP contribution in [-0.2, 0) is 4.74 Å². The molecule has 0 radical (unpaired) electrons. The van der Waals surface area contributed by atoms with Gasteiger partial charge in [-0.05, 0) is 28.8 Å². The van der Waals surface area contributed by atoms with Crippen LogP contribution in [0.5, 0.6) is 0 Å². The van der Waals surface area contributed by atoms with Crippen molar-refractivity contribution < 1.29 is 4.74 Å². The molecule has 0 spiro atoms. The summed E-state index contributed by atoms with van der Waals surface area (Å²) in [6, 6.07) is 0. The van der Waals surface area contributed by atoms with Crippen LogP contribution in [0.2, 0.25) is 0 Å². The van der Waals surface area contributed by atoms with Gasteiger partial charge in [-0.15, -0.1) is 0 Å². The first-order valence-electron chi connectivity index (χ1n) is 4.14. The van der Waals surface area contributed by atoms with E-state index >= 15 is 0 Å². The molecule has 0 amide bonds. The third-order valence-electron chi connectivity index (χ3n) is 2.11. The maximum Gasteiger partial charge on any atom is 0.112 e. The van der Waals surface area contributed by atoms with Crippen molar-refractivity contribution >= 4 is 15.9 Å². The normalized spacial score (nSPS) is 24.2. The van der Waals surface area contributed by atoms with E-state index in [1.165, 1.54) is 6.42 Å². The zero-order valence-corrected chi connectivity index (χ0v) is 8.30. The molecule has 3 nitrogen and oxygen atoms in total. The maximum atomic E-state index is 5.37. The van der Waals surface area contributed by atoms with Crippen LogP contribution in [0.4, 0.5) is 0 Å². The first kappa shape index (κ1) is 8.26. The molecule has 4 heteroatoms. The van der Waals surface area contributed by atoms with Crippen LogP contribution < -0.4 is 0 Å². The van der Waals surface area contributed by atoms with Gasteiger partial charge in [-0.2, -0.15) is 0 Å². The molecule has 1 aliphatic rings. The van der Waals surface area contributed by atoms with Gasteiger partial charge in [-0.25, -0.2) is 4.98 Å². The molecule has 0 bridgehead atoms. The fourth-order valence-electron chi connectivity index (χ4n) is 1.48. The van der Waals surface area contributed by atoms with Crippen molar-refractivity contribution in [1.82, 2.24) is 9.97 Å². The lowest BCUT2D eigenvalue weighted by atomic mass is 10.0. The Hall–Kier alpha value is -0.350. The van der Waals surface area contributed by atoms with Crippen molar-refractivity contribution in [2.75, 3.05) is 13.2 Å². The van der Waals surface area contributed by atoms with Gasteiger partial charge in [0.15, 0.2) is 0 Å². The average Bonchev–Trinajstić information content (AvgIpc) is 2.54. The largest absolute Gasteiger partial charge is 0.381 e. The van der Waals surface area contributed by atoms with Crippen LogP contribution in [0.1, 0.15) is 24.6 Å². The summed E-state index contributed by atoms with van der Waals surface area (Å²) in [5, 5.41) is 0. The Kier molecular flexibility index (Phi) is 2.46. The average molecular weight is 231 g/mol. The van der Waals surface area contributed by atoms with Gasteiger partial charge in [-0.1, -0.05) is 0 Å². The first-order valence-corrected chi connectivity index (χ1v) is 4.93. The van der Waals surface area contributed by atoms with Gasteiger partial charge in [-0.3, -0.25) is 0 Å². The van der Waals surface area contributed by atoms with E-state index < -0.39 is 0 Å². The molecule has 1 N–H and O–H groups in total. The summed E-state index contributed by atoms with van der Waals surface area (Å²) in [5.41, 5.74) is 0. The second-order valence-corrected chi connectivity index (χ2v) is 3.88. The summed E-state index contributed by atoms with van der Waals surface area (Å²) in [6.45, 7) is 1.71.